The number of halogens is 3. The Bertz CT molecular complexity index is 1160. The maximum atomic E-state index is 12.5. The third-order valence-corrected chi connectivity index (χ3v) is 6.12. The van der Waals surface area contributed by atoms with Gasteiger partial charge in [-0.2, -0.15) is 5.26 Å². The lowest BCUT2D eigenvalue weighted by atomic mass is 10.1. The van der Waals surface area contributed by atoms with Crippen molar-refractivity contribution in [2.24, 2.45) is 0 Å². The molecule has 0 atom stereocenters. The molecule has 0 aliphatic heterocycles. The highest BCUT2D eigenvalue weighted by molar-refractivity contribution is 14.1. The van der Waals surface area contributed by atoms with Gasteiger partial charge in [-0.3, -0.25) is 4.79 Å². The predicted molar refractivity (Wildman–Crippen MR) is 141 cm³/mol. The van der Waals surface area contributed by atoms with Crippen LogP contribution in [0.2, 0.25) is 5.02 Å². The lowest BCUT2D eigenvalue weighted by Crippen LogP contribution is -2.13. The molecule has 0 aliphatic rings. The number of hydrogen-bond donors (Lipinski definition) is 1. The van der Waals surface area contributed by atoms with E-state index in [9.17, 15) is 10.1 Å². The molecule has 0 unspecified atom stereocenters. The summed E-state index contributed by atoms with van der Waals surface area (Å²) in [5.74, 6) is 0.287. The van der Waals surface area contributed by atoms with Gasteiger partial charge in [0.2, 0.25) is 0 Å². The molecule has 0 radical (unpaired) electrons. The molecule has 0 saturated heterocycles. The third kappa shape index (κ3) is 6.69. The zero-order valence-electron chi connectivity index (χ0n) is 16.5. The molecular weight excluding hydrogens is 638 g/mol. The van der Waals surface area contributed by atoms with Crippen LogP contribution in [-0.2, 0) is 11.4 Å². The van der Waals surface area contributed by atoms with E-state index in [-0.39, 0.29) is 5.57 Å². The van der Waals surface area contributed by atoms with Crippen LogP contribution in [0.5, 0.6) is 5.75 Å². The molecule has 1 amide bonds. The highest BCUT2D eigenvalue weighted by Gasteiger charge is 2.13. The van der Waals surface area contributed by atoms with Crippen LogP contribution >= 0.6 is 56.8 Å². The van der Waals surface area contributed by atoms with Crippen LogP contribution in [0.1, 0.15) is 16.7 Å². The molecule has 156 valence electrons. The lowest BCUT2D eigenvalue weighted by molar-refractivity contribution is -0.112. The Morgan fingerprint density at radius 1 is 1.13 bits per heavy atom. The number of anilines is 1. The second-order valence-corrected chi connectivity index (χ2v) is 9.48. The van der Waals surface area contributed by atoms with Crippen molar-refractivity contribution in [3.05, 3.63) is 95.1 Å². The molecule has 0 fully saturated rings. The largest absolute Gasteiger partial charge is 0.487 e. The second kappa shape index (κ2) is 11.0. The van der Waals surface area contributed by atoms with E-state index in [0.717, 1.165) is 24.0 Å². The molecule has 0 spiro atoms. The van der Waals surface area contributed by atoms with Gasteiger partial charge in [-0.05, 0) is 99.6 Å². The molecular formula is C24H17ClI2N2O2. The first-order valence-electron chi connectivity index (χ1n) is 9.22. The number of nitrogens with one attached hydrogen (secondary N) is 1. The van der Waals surface area contributed by atoms with Crippen molar-refractivity contribution >= 4 is 74.5 Å². The zero-order valence-corrected chi connectivity index (χ0v) is 21.5. The first kappa shape index (κ1) is 23.6. The van der Waals surface area contributed by atoms with Crippen LogP contribution in [0.3, 0.4) is 0 Å². The molecule has 0 bridgehead atoms. The van der Waals surface area contributed by atoms with Crippen LogP contribution in [0, 0.1) is 25.4 Å². The minimum Gasteiger partial charge on any atom is -0.487 e. The zero-order chi connectivity index (χ0) is 22.4. The Morgan fingerprint density at radius 3 is 2.42 bits per heavy atom. The van der Waals surface area contributed by atoms with E-state index in [1.54, 1.807) is 30.3 Å². The molecule has 1 N–H and O–H groups in total. The number of ether oxygens (including phenoxy) is 1. The quantitative estimate of drug-likeness (QED) is 0.177. The minimum absolute atomic E-state index is 0.0000933. The Labute approximate surface area is 213 Å². The van der Waals surface area contributed by atoms with Crippen molar-refractivity contribution in [3.8, 4) is 11.8 Å². The summed E-state index contributed by atoms with van der Waals surface area (Å²) in [6.07, 6.45) is 1.56. The van der Waals surface area contributed by atoms with Gasteiger partial charge in [0, 0.05) is 10.7 Å². The van der Waals surface area contributed by atoms with Crippen molar-refractivity contribution in [2.75, 3.05) is 5.32 Å². The van der Waals surface area contributed by atoms with E-state index in [1.807, 2.05) is 37.3 Å². The number of hydrogen-bond acceptors (Lipinski definition) is 3. The molecule has 0 aromatic heterocycles. The minimum atomic E-state index is -0.491. The van der Waals surface area contributed by atoms with Crippen molar-refractivity contribution in [2.45, 2.75) is 13.5 Å². The molecule has 3 rings (SSSR count). The van der Waals surface area contributed by atoms with Crippen LogP contribution in [0.4, 0.5) is 5.69 Å². The number of aryl methyl sites for hydroxylation is 1. The Kier molecular flexibility index (Phi) is 8.35. The fraction of sp³-hybridized carbons (Fsp3) is 0.0833. The summed E-state index contributed by atoms with van der Waals surface area (Å²) in [5, 5.41) is 12.7. The lowest BCUT2D eigenvalue weighted by Gasteiger charge is -2.12. The van der Waals surface area contributed by atoms with Gasteiger partial charge in [0.25, 0.3) is 5.91 Å². The second-order valence-electron chi connectivity index (χ2n) is 6.72. The number of nitrogens with zero attached hydrogens (tertiary/aromatic N) is 1. The summed E-state index contributed by atoms with van der Waals surface area (Å²) in [7, 11) is 0. The summed E-state index contributed by atoms with van der Waals surface area (Å²) < 4.78 is 7.82. The summed E-state index contributed by atoms with van der Waals surface area (Å²) in [6.45, 7) is 2.51. The Hall–Kier alpha value is -2.09. The molecule has 0 saturated carbocycles. The van der Waals surface area contributed by atoms with Gasteiger partial charge >= 0.3 is 0 Å². The van der Waals surface area contributed by atoms with E-state index < -0.39 is 5.91 Å². The molecule has 0 aliphatic carbocycles. The Morgan fingerprint density at radius 2 is 1.81 bits per heavy atom. The number of benzene rings is 3. The van der Waals surface area contributed by atoms with Crippen molar-refractivity contribution in [1.29, 1.82) is 5.26 Å². The normalized spacial score (nSPS) is 11.0. The van der Waals surface area contributed by atoms with Gasteiger partial charge in [0.15, 0.2) is 0 Å². The number of carbonyl (C=O) groups is 1. The highest BCUT2D eigenvalue weighted by Crippen LogP contribution is 2.30. The molecule has 3 aromatic rings. The SMILES string of the molecule is Cc1ccc(COc2c(I)cc(/C=C(\C#N)C(=O)Nc3cccc(Cl)c3)cc2I)cc1. The van der Waals surface area contributed by atoms with E-state index in [1.165, 1.54) is 5.56 Å². The number of amides is 1. The highest BCUT2D eigenvalue weighted by atomic mass is 127. The fourth-order valence-electron chi connectivity index (χ4n) is 2.72. The van der Waals surface area contributed by atoms with Gasteiger partial charge in [-0.25, -0.2) is 0 Å². The van der Waals surface area contributed by atoms with Gasteiger partial charge in [0.1, 0.15) is 24.0 Å². The molecule has 4 nitrogen and oxygen atoms in total. The van der Waals surface area contributed by atoms with Crippen molar-refractivity contribution in [3.63, 3.8) is 0 Å². The van der Waals surface area contributed by atoms with Crippen LogP contribution in [-0.4, -0.2) is 5.91 Å². The summed E-state index contributed by atoms with van der Waals surface area (Å²) in [6, 6.07) is 20.7. The first-order valence-corrected chi connectivity index (χ1v) is 11.8. The van der Waals surface area contributed by atoms with E-state index in [4.69, 9.17) is 16.3 Å². The molecule has 0 heterocycles. The third-order valence-electron chi connectivity index (χ3n) is 4.28. The smallest absolute Gasteiger partial charge is 0.266 e. The summed E-state index contributed by atoms with van der Waals surface area (Å²) >= 11 is 10.4. The summed E-state index contributed by atoms with van der Waals surface area (Å²) in [5.41, 5.74) is 3.57. The Balaban J connectivity index is 1.76. The standard InChI is InChI=1S/C24H17ClI2N2O2/c1-15-5-7-16(8-6-15)14-31-23-21(26)10-17(11-22(23)27)9-18(13-28)24(30)29-20-4-2-3-19(25)12-20/h2-12H,14H2,1H3,(H,29,30)/b18-9+. The molecule has 3 aromatic carbocycles. The van der Waals surface area contributed by atoms with Crippen molar-refractivity contribution < 1.29 is 9.53 Å². The first-order chi connectivity index (χ1) is 14.9. The van der Waals surface area contributed by atoms with Gasteiger partial charge in [-0.15, -0.1) is 0 Å². The van der Waals surface area contributed by atoms with E-state index >= 15 is 0 Å². The van der Waals surface area contributed by atoms with Crippen molar-refractivity contribution in [1.82, 2.24) is 0 Å². The molecule has 7 heteroatoms. The van der Waals surface area contributed by atoms with Crippen LogP contribution in [0.15, 0.2) is 66.2 Å². The number of nitriles is 1. The summed E-state index contributed by atoms with van der Waals surface area (Å²) in [4.78, 5) is 12.5. The monoisotopic (exact) mass is 654 g/mol. The number of rotatable bonds is 6. The number of carbonyl (C=O) groups excluding carboxylic acids is 1. The topological polar surface area (TPSA) is 62.1 Å². The van der Waals surface area contributed by atoms with E-state index in [0.29, 0.717) is 17.3 Å². The molecule has 31 heavy (non-hydrogen) atoms. The maximum Gasteiger partial charge on any atom is 0.266 e. The van der Waals surface area contributed by atoms with Gasteiger partial charge in [-0.1, -0.05) is 47.5 Å². The van der Waals surface area contributed by atoms with Crippen LogP contribution in [0.25, 0.3) is 6.08 Å². The van der Waals surface area contributed by atoms with Crippen LogP contribution < -0.4 is 10.1 Å². The average Bonchev–Trinajstić information content (AvgIpc) is 2.72. The maximum absolute atomic E-state index is 12.5. The van der Waals surface area contributed by atoms with Gasteiger partial charge in [0.05, 0.1) is 7.14 Å². The van der Waals surface area contributed by atoms with E-state index in [2.05, 4.69) is 62.6 Å². The fourth-order valence-corrected chi connectivity index (χ4v) is 5.04. The predicted octanol–water partition coefficient (Wildman–Crippen LogP) is 6.98. The van der Waals surface area contributed by atoms with Gasteiger partial charge < -0.3 is 10.1 Å². The average molecular weight is 655 g/mol.